The number of nitrogens with zero attached hydrogens (tertiary/aromatic N) is 2. The van der Waals surface area contributed by atoms with Gasteiger partial charge >= 0.3 is 0 Å². The Hall–Kier alpha value is -3.02. The first kappa shape index (κ1) is 15.9. The number of carbonyl (C=O) groups excluding carboxylic acids is 1. The molecule has 1 aromatic heterocycles. The number of para-hydroxylation sites is 1. The third kappa shape index (κ3) is 4.04. The molecule has 0 radical (unpaired) electrons. The van der Waals surface area contributed by atoms with Crippen LogP contribution in [0.3, 0.4) is 0 Å². The molecule has 24 heavy (non-hydrogen) atoms. The van der Waals surface area contributed by atoms with E-state index in [1.165, 1.54) is 12.1 Å². The molecule has 5 nitrogen and oxygen atoms in total. The van der Waals surface area contributed by atoms with Gasteiger partial charge in [-0.1, -0.05) is 35.5 Å². The van der Waals surface area contributed by atoms with Gasteiger partial charge in [0.25, 0.3) is 0 Å². The number of amides is 1. The van der Waals surface area contributed by atoms with Gasteiger partial charge < -0.3 is 9.84 Å². The first-order valence-corrected chi connectivity index (χ1v) is 7.51. The molecule has 2 aromatic carbocycles. The number of anilines is 1. The van der Waals surface area contributed by atoms with Gasteiger partial charge in [-0.3, -0.25) is 4.79 Å². The number of nitrogens with one attached hydrogen (secondary N) is 1. The second-order valence-electron chi connectivity index (χ2n) is 5.42. The third-order valence-corrected chi connectivity index (χ3v) is 3.48. The predicted molar refractivity (Wildman–Crippen MR) is 87.0 cm³/mol. The standard InChI is InChI=1S/C18H16FN3O2/c1-12-20-18(24-22-12)11-14-4-2-3-5-16(14)21-17(23)10-13-6-8-15(19)9-7-13/h2-9H,10-11H2,1H3,(H,21,23). The molecular weight excluding hydrogens is 309 g/mol. The second-order valence-corrected chi connectivity index (χ2v) is 5.42. The van der Waals surface area contributed by atoms with E-state index >= 15 is 0 Å². The van der Waals surface area contributed by atoms with Crippen LogP contribution >= 0.6 is 0 Å². The number of aromatic nitrogens is 2. The third-order valence-electron chi connectivity index (χ3n) is 3.48. The van der Waals surface area contributed by atoms with Gasteiger partial charge in [0.15, 0.2) is 5.82 Å². The Balaban J connectivity index is 1.70. The van der Waals surface area contributed by atoms with Crippen molar-refractivity contribution in [3.8, 4) is 0 Å². The first-order chi connectivity index (χ1) is 11.6. The molecule has 0 saturated carbocycles. The van der Waals surface area contributed by atoms with Crippen LogP contribution < -0.4 is 5.32 Å². The number of halogens is 1. The zero-order chi connectivity index (χ0) is 16.9. The summed E-state index contributed by atoms with van der Waals surface area (Å²) in [6.07, 6.45) is 0.613. The molecule has 0 saturated heterocycles. The Kier molecular flexibility index (Phi) is 4.65. The molecule has 122 valence electrons. The van der Waals surface area contributed by atoms with E-state index in [4.69, 9.17) is 4.52 Å². The van der Waals surface area contributed by atoms with Crippen LogP contribution in [-0.2, 0) is 17.6 Å². The fourth-order valence-corrected chi connectivity index (χ4v) is 2.35. The summed E-state index contributed by atoms with van der Waals surface area (Å²) in [4.78, 5) is 16.4. The lowest BCUT2D eigenvalue weighted by molar-refractivity contribution is -0.115. The Morgan fingerprint density at radius 3 is 2.62 bits per heavy atom. The number of hydrogen-bond donors (Lipinski definition) is 1. The molecule has 1 amide bonds. The highest BCUT2D eigenvalue weighted by molar-refractivity contribution is 5.93. The highest BCUT2D eigenvalue weighted by Crippen LogP contribution is 2.19. The molecule has 0 spiro atoms. The van der Waals surface area contributed by atoms with Gasteiger partial charge in [0.1, 0.15) is 5.82 Å². The molecule has 0 aliphatic heterocycles. The van der Waals surface area contributed by atoms with Crippen LogP contribution in [0.15, 0.2) is 53.1 Å². The van der Waals surface area contributed by atoms with Gasteiger partial charge in [-0.25, -0.2) is 4.39 Å². The smallest absolute Gasteiger partial charge is 0.231 e. The molecule has 0 bridgehead atoms. The van der Waals surface area contributed by atoms with E-state index in [0.29, 0.717) is 23.8 Å². The van der Waals surface area contributed by atoms with E-state index < -0.39 is 0 Å². The zero-order valence-corrected chi connectivity index (χ0v) is 13.1. The lowest BCUT2D eigenvalue weighted by Gasteiger charge is -2.10. The molecule has 1 heterocycles. The number of rotatable bonds is 5. The largest absolute Gasteiger partial charge is 0.339 e. The number of hydrogen-bond acceptors (Lipinski definition) is 4. The van der Waals surface area contributed by atoms with Gasteiger partial charge in [-0.15, -0.1) is 0 Å². The average molecular weight is 325 g/mol. The molecule has 0 atom stereocenters. The molecule has 1 N–H and O–H groups in total. The van der Waals surface area contributed by atoms with Gasteiger partial charge in [0.05, 0.1) is 12.8 Å². The average Bonchev–Trinajstić information content (AvgIpc) is 2.97. The van der Waals surface area contributed by atoms with Crippen LogP contribution in [0.2, 0.25) is 0 Å². The van der Waals surface area contributed by atoms with E-state index in [1.54, 1.807) is 19.1 Å². The molecule has 0 unspecified atom stereocenters. The van der Waals surface area contributed by atoms with E-state index in [1.807, 2.05) is 24.3 Å². The maximum Gasteiger partial charge on any atom is 0.231 e. The molecule has 6 heteroatoms. The van der Waals surface area contributed by atoms with Gasteiger partial charge in [-0.05, 0) is 36.2 Å². The summed E-state index contributed by atoms with van der Waals surface area (Å²) in [6.45, 7) is 1.75. The van der Waals surface area contributed by atoms with E-state index in [0.717, 1.165) is 11.1 Å². The number of carbonyl (C=O) groups is 1. The molecule has 3 rings (SSSR count). The minimum Gasteiger partial charge on any atom is -0.339 e. The monoisotopic (exact) mass is 325 g/mol. The first-order valence-electron chi connectivity index (χ1n) is 7.51. The van der Waals surface area contributed by atoms with Crippen molar-refractivity contribution in [2.75, 3.05) is 5.32 Å². The van der Waals surface area contributed by atoms with Gasteiger partial charge in [0, 0.05) is 5.69 Å². The minimum absolute atomic E-state index is 0.171. The van der Waals surface area contributed by atoms with E-state index in [2.05, 4.69) is 15.5 Å². The summed E-state index contributed by atoms with van der Waals surface area (Å²) < 4.78 is 18.0. The summed E-state index contributed by atoms with van der Waals surface area (Å²) in [5.41, 5.74) is 2.33. The van der Waals surface area contributed by atoms with Crippen LogP contribution in [0.5, 0.6) is 0 Å². The SMILES string of the molecule is Cc1noc(Cc2ccccc2NC(=O)Cc2ccc(F)cc2)n1. The van der Waals surface area contributed by atoms with E-state index in [9.17, 15) is 9.18 Å². The van der Waals surface area contributed by atoms with Crippen molar-refractivity contribution in [2.45, 2.75) is 19.8 Å². The van der Waals surface area contributed by atoms with E-state index in [-0.39, 0.29) is 18.1 Å². The number of aryl methyl sites for hydroxylation is 1. The highest BCUT2D eigenvalue weighted by Gasteiger charge is 2.11. The van der Waals surface area contributed by atoms with Crippen molar-refractivity contribution < 1.29 is 13.7 Å². The van der Waals surface area contributed by atoms with Crippen LogP contribution in [0.4, 0.5) is 10.1 Å². The quantitative estimate of drug-likeness (QED) is 0.781. The maximum atomic E-state index is 12.9. The van der Waals surface area contributed by atoms with Gasteiger partial charge in [0.2, 0.25) is 11.8 Å². The normalized spacial score (nSPS) is 10.6. The van der Waals surface area contributed by atoms with Crippen molar-refractivity contribution in [1.82, 2.24) is 10.1 Å². The fourth-order valence-electron chi connectivity index (χ4n) is 2.35. The fraction of sp³-hybridized carbons (Fsp3) is 0.167. The molecule has 0 aliphatic rings. The molecule has 0 fully saturated rings. The van der Waals surface area contributed by atoms with Crippen molar-refractivity contribution in [1.29, 1.82) is 0 Å². The minimum atomic E-state index is -0.320. The van der Waals surface area contributed by atoms with Crippen LogP contribution in [0, 0.1) is 12.7 Å². The van der Waals surface area contributed by atoms with Crippen LogP contribution in [-0.4, -0.2) is 16.0 Å². The Morgan fingerprint density at radius 2 is 1.92 bits per heavy atom. The van der Waals surface area contributed by atoms with Gasteiger partial charge in [-0.2, -0.15) is 4.98 Å². The lowest BCUT2D eigenvalue weighted by atomic mass is 10.1. The highest BCUT2D eigenvalue weighted by atomic mass is 19.1. The Labute approximate surface area is 138 Å². The van der Waals surface area contributed by atoms with Crippen molar-refractivity contribution in [2.24, 2.45) is 0 Å². The van der Waals surface area contributed by atoms with Crippen molar-refractivity contribution in [3.05, 3.63) is 77.2 Å². The van der Waals surface area contributed by atoms with Crippen molar-refractivity contribution in [3.63, 3.8) is 0 Å². The summed E-state index contributed by atoms with van der Waals surface area (Å²) >= 11 is 0. The zero-order valence-electron chi connectivity index (χ0n) is 13.1. The predicted octanol–water partition coefficient (Wildman–Crippen LogP) is 3.29. The maximum absolute atomic E-state index is 12.9. The lowest BCUT2D eigenvalue weighted by Crippen LogP contribution is -2.15. The summed E-state index contributed by atoms with van der Waals surface area (Å²) in [5, 5.41) is 6.64. The summed E-state index contributed by atoms with van der Waals surface area (Å²) in [6, 6.07) is 13.3. The Morgan fingerprint density at radius 1 is 1.17 bits per heavy atom. The Bertz CT molecular complexity index is 843. The topological polar surface area (TPSA) is 68.0 Å². The molecule has 3 aromatic rings. The molecular formula is C18H16FN3O2. The number of benzene rings is 2. The molecule has 0 aliphatic carbocycles. The summed E-state index contributed by atoms with van der Waals surface area (Å²) in [5.74, 6) is 0.575. The van der Waals surface area contributed by atoms with Crippen LogP contribution in [0.1, 0.15) is 22.8 Å². The van der Waals surface area contributed by atoms with Crippen LogP contribution in [0.25, 0.3) is 0 Å². The second kappa shape index (κ2) is 7.04. The van der Waals surface area contributed by atoms with Crippen molar-refractivity contribution >= 4 is 11.6 Å². The summed E-state index contributed by atoms with van der Waals surface area (Å²) in [7, 11) is 0.